The van der Waals surface area contributed by atoms with Crippen LogP contribution in [0.5, 0.6) is 0 Å². The number of hydrogen-bond acceptors (Lipinski definition) is 5. The largest absolute Gasteiger partial charge is 0.504 e. The summed E-state index contributed by atoms with van der Waals surface area (Å²) in [5, 5.41) is 24.0. The Labute approximate surface area is 155 Å². The van der Waals surface area contributed by atoms with Crippen molar-refractivity contribution < 1.29 is 19.7 Å². The van der Waals surface area contributed by atoms with Crippen LogP contribution >= 0.6 is 0 Å². The minimum Gasteiger partial charge on any atom is -0.504 e. The predicted octanol–water partition coefficient (Wildman–Crippen LogP) is 4.38. The predicted molar refractivity (Wildman–Crippen MR) is 106 cm³/mol. The Morgan fingerprint density at radius 2 is 2.08 bits per heavy atom. The molecule has 26 heavy (non-hydrogen) atoms. The number of allylic oxidation sites excluding steroid dienone is 4. The first-order chi connectivity index (χ1) is 12.3. The van der Waals surface area contributed by atoms with Crippen molar-refractivity contribution >= 4 is 16.8 Å². The zero-order valence-corrected chi connectivity index (χ0v) is 15.8. The molecule has 0 unspecified atom stereocenters. The molecule has 5 heteroatoms. The summed E-state index contributed by atoms with van der Waals surface area (Å²) in [5.41, 5.74) is 4.78. The molecule has 0 atom stereocenters. The summed E-state index contributed by atoms with van der Waals surface area (Å²) < 4.78 is 9.95. The Bertz CT molecular complexity index is 772. The molecule has 0 amide bonds. The minimum atomic E-state index is -0.166. The molecule has 0 fully saturated rings. The molecule has 0 radical (unpaired) electrons. The quantitative estimate of drug-likeness (QED) is 0.292. The van der Waals surface area contributed by atoms with E-state index in [1.165, 1.54) is 13.4 Å². The van der Waals surface area contributed by atoms with Crippen molar-refractivity contribution in [1.29, 1.82) is 0 Å². The van der Waals surface area contributed by atoms with Crippen molar-refractivity contribution in [2.75, 3.05) is 19.2 Å². The van der Waals surface area contributed by atoms with Gasteiger partial charge in [-0.15, -0.1) is 0 Å². The number of nitrogens with one attached hydrogen (secondary N) is 1. The Morgan fingerprint density at radius 1 is 1.35 bits per heavy atom. The molecule has 0 bridgehead atoms. The lowest BCUT2D eigenvalue weighted by Crippen LogP contribution is -2.32. The van der Waals surface area contributed by atoms with Gasteiger partial charge in [0.15, 0.2) is 12.6 Å². The number of anilines is 1. The van der Waals surface area contributed by atoms with Crippen molar-refractivity contribution in [3.05, 3.63) is 65.7 Å². The van der Waals surface area contributed by atoms with Crippen molar-refractivity contribution in [1.82, 2.24) is 0 Å². The van der Waals surface area contributed by atoms with E-state index in [-0.39, 0.29) is 24.7 Å². The van der Waals surface area contributed by atoms with Crippen LogP contribution in [-0.4, -0.2) is 29.7 Å². The number of aliphatic hydroxyl groups is 2. The topological polar surface area (TPSA) is 71.0 Å². The molecule has 0 aromatic heterocycles. The lowest BCUT2D eigenvalue weighted by atomic mass is 9.85. The molecule has 1 heterocycles. The summed E-state index contributed by atoms with van der Waals surface area (Å²) in [5.74, 6) is -0.0673. The van der Waals surface area contributed by atoms with Gasteiger partial charge in [-0.2, -0.15) is 0 Å². The number of aliphatic hydroxyl groups excluding tert-OH is 2. The van der Waals surface area contributed by atoms with E-state index in [2.05, 4.69) is 31.8 Å². The van der Waals surface area contributed by atoms with E-state index >= 15 is 0 Å². The molecule has 1 aliphatic heterocycles. The summed E-state index contributed by atoms with van der Waals surface area (Å²) >= 11 is 0. The van der Waals surface area contributed by atoms with Gasteiger partial charge in [0.05, 0.1) is 12.1 Å². The first kappa shape index (κ1) is 19.8. The normalized spacial score (nSPS) is 16.4. The average Bonchev–Trinajstić information content (AvgIpc) is 2.58. The monoisotopic (exact) mass is 357 g/mol. The number of fused-ring (bicyclic) bond motifs is 1. The molecular formula is C21H27NO4. The van der Waals surface area contributed by atoms with Crippen LogP contribution in [0, 0.1) is 0 Å². The Morgan fingerprint density at radius 3 is 2.69 bits per heavy atom. The standard InChI is InChI=1S/C21H27NO4/c1-6-7-16(19(24)12-26-13-25-5)15-8-9-18-20(17(15)11-23)14(2)10-21(3,4)22-18/h6-10,12,22-24H,1,11,13H2,2-5H3/b16-7-,19-12+. The van der Waals surface area contributed by atoms with Gasteiger partial charge in [-0.05, 0) is 43.5 Å². The van der Waals surface area contributed by atoms with Crippen LogP contribution in [0.2, 0.25) is 0 Å². The Kier molecular flexibility index (Phi) is 6.29. The van der Waals surface area contributed by atoms with Gasteiger partial charge in [0.1, 0.15) is 6.26 Å². The van der Waals surface area contributed by atoms with E-state index in [0.29, 0.717) is 5.57 Å². The van der Waals surface area contributed by atoms with Gasteiger partial charge >= 0.3 is 0 Å². The molecule has 0 aliphatic carbocycles. The summed E-state index contributed by atoms with van der Waals surface area (Å²) in [7, 11) is 1.50. The molecule has 3 N–H and O–H groups in total. The molecule has 1 aromatic rings. The van der Waals surface area contributed by atoms with Crippen LogP contribution in [0.15, 0.2) is 49.0 Å². The Balaban J connectivity index is 2.59. The van der Waals surface area contributed by atoms with Crippen LogP contribution in [-0.2, 0) is 16.1 Å². The summed E-state index contributed by atoms with van der Waals surface area (Å²) in [6.45, 7) is 9.80. The van der Waals surface area contributed by atoms with E-state index in [1.54, 1.807) is 12.2 Å². The Hall–Kier alpha value is -2.50. The van der Waals surface area contributed by atoms with E-state index < -0.39 is 0 Å². The molecule has 0 saturated carbocycles. The van der Waals surface area contributed by atoms with Crippen molar-refractivity contribution in [3.8, 4) is 0 Å². The van der Waals surface area contributed by atoms with Gasteiger partial charge in [-0.3, -0.25) is 0 Å². The summed E-state index contributed by atoms with van der Waals surface area (Å²) in [6.07, 6.45) is 6.62. The third-order valence-electron chi connectivity index (χ3n) is 4.13. The number of ether oxygens (including phenoxy) is 2. The van der Waals surface area contributed by atoms with E-state index in [0.717, 1.165) is 28.0 Å². The molecule has 1 aromatic carbocycles. The van der Waals surface area contributed by atoms with Gasteiger partial charge < -0.3 is 25.0 Å². The van der Waals surface area contributed by atoms with Gasteiger partial charge in [0.25, 0.3) is 0 Å². The first-order valence-electron chi connectivity index (χ1n) is 8.42. The first-order valence-corrected chi connectivity index (χ1v) is 8.42. The van der Waals surface area contributed by atoms with Gasteiger partial charge in [0, 0.05) is 23.9 Å². The van der Waals surface area contributed by atoms with E-state index in [4.69, 9.17) is 9.47 Å². The maximum absolute atomic E-state index is 10.4. The smallest absolute Gasteiger partial charge is 0.188 e. The molecule has 0 spiro atoms. The lowest BCUT2D eigenvalue weighted by Gasteiger charge is -2.33. The fourth-order valence-corrected chi connectivity index (χ4v) is 3.29. The summed E-state index contributed by atoms with van der Waals surface area (Å²) in [4.78, 5) is 0. The van der Waals surface area contributed by atoms with Crippen LogP contribution in [0.4, 0.5) is 5.69 Å². The second kappa shape index (κ2) is 8.25. The second-order valence-electron chi connectivity index (χ2n) is 6.74. The fraction of sp³-hybridized carbons (Fsp3) is 0.333. The highest BCUT2D eigenvalue weighted by Crippen LogP contribution is 2.39. The molecule has 5 nitrogen and oxygen atoms in total. The third kappa shape index (κ3) is 4.18. The number of hydrogen-bond donors (Lipinski definition) is 3. The molecule has 1 aliphatic rings. The highest BCUT2D eigenvalue weighted by molar-refractivity contribution is 5.88. The molecule has 0 saturated heterocycles. The summed E-state index contributed by atoms with van der Waals surface area (Å²) in [6, 6.07) is 3.84. The van der Waals surface area contributed by atoms with Gasteiger partial charge in [0.2, 0.25) is 0 Å². The maximum atomic E-state index is 10.4. The minimum absolute atomic E-state index is 0.0311. The zero-order chi connectivity index (χ0) is 19.3. The van der Waals surface area contributed by atoms with Gasteiger partial charge in [-0.25, -0.2) is 0 Å². The molecule has 140 valence electrons. The van der Waals surface area contributed by atoms with E-state index in [9.17, 15) is 10.2 Å². The second-order valence-corrected chi connectivity index (χ2v) is 6.74. The number of benzene rings is 1. The zero-order valence-electron chi connectivity index (χ0n) is 15.8. The van der Waals surface area contributed by atoms with E-state index in [1.807, 2.05) is 19.1 Å². The van der Waals surface area contributed by atoms with Gasteiger partial charge in [-0.1, -0.05) is 30.9 Å². The maximum Gasteiger partial charge on any atom is 0.188 e. The number of rotatable bonds is 7. The van der Waals surface area contributed by atoms with Crippen molar-refractivity contribution in [2.24, 2.45) is 0 Å². The van der Waals surface area contributed by atoms with Crippen LogP contribution < -0.4 is 5.32 Å². The molecular weight excluding hydrogens is 330 g/mol. The fourth-order valence-electron chi connectivity index (χ4n) is 3.29. The SMILES string of the molecule is C=C/C=C(\C(O)=C/OCOC)c1ccc2c(c1CO)C(C)=CC(C)(C)N2. The number of methoxy groups -OCH3 is 1. The molecule has 2 rings (SSSR count). The highest BCUT2D eigenvalue weighted by atomic mass is 16.7. The lowest BCUT2D eigenvalue weighted by molar-refractivity contribution is 0.0170. The highest BCUT2D eigenvalue weighted by Gasteiger charge is 2.26. The van der Waals surface area contributed by atoms with Crippen molar-refractivity contribution in [3.63, 3.8) is 0 Å². The van der Waals surface area contributed by atoms with Crippen LogP contribution in [0.3, 0.4) is 0 Å². The average molecular weight is 357 g/mol. The van der Waals surface area contributed by atoms with Crippen LogP contribution in [0.1, 0.15) is 37.5 Å². The third-order valence-corrected chi connectivity index (χ3v) is 4.13. The van der Waals surface area contributed by atoms with Crippen molar-refractivity contribution in [2.45, 2.75) is 32.9 Å². The van der Waals surface area contributed by atoms with Crippen LogP contribution in [0.25, 0.3) is 11.1 Å².